The molecule has 1 aromatic carbocycles. The van der Waals surface area contributed by atoms with Crippen molar-refractivity contribution in [3.05, 3.63) is 48.4 Å². The van der Waals surface area contributed by atoms with E-state index in [0.717, 1.165) is 0 Å². The van der Waals surface area contributed by atoms with Crippen molar-refractivity contribution < 1.29 is 33.1 Å². The van der Waals surface area contributed by atoms with Gasteiger partial charge >= 0.3 is 12.0 Å². The van der Waals surface area contributed by atoms with E-state index in [9.17, 15) is 19.2 Å². The van der Waals surface area contributed by atoms with Gasteiger partial charge < -0.3 is 24.1 Å². The number of carbonyl (C=O) groups is 4. The zero-order valence-electron chi connectivity index (χ0n) is 16.3. The molecule has 0 spiro atoms. The maximum Gasteiger partial charge on any atom is 0.321 e. The lowest BCUT2D eigenvalue weighted by Gasteiger charge is -2.19. The highest BCUT2D eigenvalue weighted by molar-refractivity contribution is 6.01. The summed E-state index contributed by atoms with van der Waals surface area (Å²) in [4.78, 5) is 49.5. The predicted molar refractivity (Wildman–Crippen MR) is 103 cm³/mol. The predicted octanol–water partition coefficient (Wildman–Crippen LogP) is 1.21. The van der Waals surface area contributed by atoms with Crippen LogP contribution in [-0.2, 0) is 25.7 Å². The Morgan fingerprint density at radius 2 is 2.00 bits per heavy atom. The molecule has 3 rings (SSSR count). The third-order valence-corrected chi connectivity index (χ3v) is 4.44. The molecule has 0 saturated carbocycles. The summed E-state index contributed by atoms with van der Waals surface area (Å²) in [5, 5.41) is 4.48. The van der Waals surface area contributed by atoms with Gasteiger partial charge in [-0.3, -0.25) is 19.7 Å². The summed E-state index contributed by atoms with van der Waals surface area (Å²) < 4.78 is 15.3. The number of urea groups is 1. The molecule has 0 bridgehead atoms. The smallest absolute Gasteiger partial charge is 0.321 e. The lowest BCUT2D eigenvalue weighted by Crippen LogP contribution is -2.41. The van der Waals surface area contributed by atoms with E-state index in [-0.39, 0.29) is 25.4 Å². The number of esters is 1. The molecule has 0 unspecified atom stereocenters. The Labute approximate surface area is 172 Å². The number of carbonyl (C=O) groups excluding carboxylic acids is 4. The molecule has 1 atom stereocenters. The van der Waals surface area contributed by atoms with Crippen molar-refractivity contribution in [3.63, 3.8) is 0 Å². The van der Waals surface area contributed by atoms with Gasteiger partial charge in [0.1, 0.15) is 11.5 Å². The highest BCUT2D eigenvalue weighted by Gasteiger charge is 2.37. The van der Waals surface area contributed by atoms with Crippen LogP contribution in [0, 0.1) is 5.92 Å². The Balaban J connectivity index is 1.45. The summed E-state index contributed by atoms with van der Waals surface area (Å²) in [6.07, 6.45) is 1.42. The number of nitrogens with one attached hydrogen (secondary N) is 2. The molecule has 0 radical (unpaired) electrons. The van der Waals surface area contributed by atoms with Crippen LogP contribution in [0.2, 0.25) is 0 Å². The fraction of sp³-hybridized carbons (Fsp3) is 0.300. The second-order valence-electron chi connectivity index (χ2n) is 6.50. The monoisotopic (exact) mass is 415 g/mol. The first-order valence-electron chi connectivity index (χ1n) is 9.18. The fourth-order valence-corrected chi connectivity index (χ4v) is 2.99. The van der Waals surface area contributed by atoms with Crippen LogP contribution >= 0.6 is 0 Å². The minimum atomic E-state index is -0.786. The van der Waals surface area contributed by atoms with E-state index in [1.54, 1.807) is 36.4 Å². The fourth-order valence-electron chi connectivity index (χ4n) is 2.99. The van der Waals surface area contributed by atoms with E-state index in [4.69, 9.17) is 13.9 Å². The number of nitrogens with zero attached hydrogens (tertiary/aromatic N) is 1. The van der Waals surface area contributed by atoms with Gasteiger partial charge in [-0.1, -0.05) is 12.1 Å². The van der Waals surface area contributed by atoms with Crippen LogP contribution in [-0.4, -0.2) is 44.1 Å². The quantitative estimate of drug-likeness (QED) is 0.651. The average molecular weight is 415 g/mol. The molecule has 0 aliphatic carbocycles. The summed E-state index contributed by atoms with van der Waals surface area (Å²) in [6, 6.07) is 9.57. The second kappa shape index (κ2) is 9.59. The van der Waals surface area contributed by atoms with Crippen molar-refractivity contribution in [2.24, 2.45) is 5.92 Å². The van der Waals surface area contributed by atoms with Crippen molar-refractivity contribution in [2.75, 3.05) is 25.2 Å². The molecule has 158 valence electrons. The Hall–Kier alpha value is -3.82. The molecule has 2 N–H and O–H groups in total. The van der Waals surface area contributed by atoms with Gasteiger partial charge in [0.2, 0.25) is 5.91 Å². The van der Waals surface area contributed by atoms with Gasteiger partial charge in [0, 0.05) is 13.0 Å². The molecule has 30 heavy (non-hydrogen) atoms. The van der Waals surface area contributed by atoms with E-state index < -0.39 is 30.4 Å². The minimum absolute atomic E-state index is 0.0395. The van der Waals surface area contributed by atoms with E-state index in [2.05, 4.69) is 5.32 Å². The third kappa shape index (κ3) is 5.16. The molecule has 10 nitrogen and oxygen atoms in total. The van der Waals surface area contributed by atoms with Gasteiger partial charge in [0.05, 0.1) is 31.5 Å². The summed E-state index contributed by atoms with van der Waals surface area (Å²) in [5.74, 6) is -1.40. The summed E-state index contributed by atoms with van der Waals surface area (Å²) in [7, 11) is 1.49. The number of para-hydroxylation sites is 2. The van der Waals surface area contributed by atoms with Crippen LogP contribution in [0.3, 0.4) is 0 Å². The van der Waals surface area contributed by atoms with Gasteiger partial charge in [-0.25, -0.2) is 4.79 Å². The number of benzene rings is 1. The molecule has 1 aliphatic heterocycles. The van der Waals surface area contributed by atoms with Gasteiger partial charge in [-0.05, 0) is 24.3 Å². The molecule has 1 aliphatic rings. The molecule has 10 heteroatoms. The number of anilines is 1. The molecule has 2 heterocycles. The minimum Gasteiger partial charge on any atom is -0.495 e. The van der Waals surface area contributed by atoms with Crippen molar-refractivity contribution in [1.82, 2.24) is 10.6 Å². The van der Waals surface area contributed by atoms with Crippen molar-refractivity contribution >= 4 is 29.5 Å². The van der Waals surface area contributed by atoms with Crippen molar-refractivity contribution in [3.8, 4) is 5.75 Å². The molecule has 1 saturated heterocycles. The van der Waals surface area contributed by atoms with Crippen LogP contribution in [0.25, 0.3) is 0 Å². The zero-order chi connectivity index (χ0) is 21.5. The molecular formula is C20H21N3O7. The van der Waals surface area contributed by atoms with Crippen LogP contribution in [0.5, 0.6) is 5.75 Å². The van der Waals surface area contributed by atoms with Gasteiger partial charge in [0.15, 0.2) is 6.61 Å². The first-order chi connectivity index (χ1) is 14.5. The van der Waals surface area contributed by atoms with E-state index in [0.29, 0.717) is 17.2 Å². The van der Waals surface area contributed by atoms with Crippen molar-refractivity contribution in [1.29, 1.82) is 0 Å². The van der Waals surface area contributed by atoms with Gasteiger partial charge in [0.25, 0.3) is 5.91 Å². The van der Waals surface area contributed by atoms with Crippen LogP contribution in [0.15, 0.2) is 47.1 Å². The normalized spacial score (nSPS) is 15.6. The maximum atomic E-state index is 12.3. The summed E-state index contributed by atoms with van der Waals surface area (Å²) in [5.41, 5.74) is 0.561. The molecular weight excluding hydrogens is 394 g/mol. The van der Waals surface area contributed by atoms with Crippen molar-refractivity contribution in [2.45, 2.75) is 13.0 Å². The third-order valence-electron chi connectivity index (χ3n) is 4.44. The largest absolute Gasteiger partial charge is 0.495 e. The lowest BCUT2D eigenvalue weighted by atomic mass is 10.1. The number of amides is 4. The lowest BCUT2D eigenvalue weighted by molar-refractivity contribution is -0.152. The highest BCUT2D eigenvalue weighted by atomic mass is 16.5. The molecule has 1 fully saturated rings. The number of ether oxygens (including phenoxy) is 2. The van der Waals surface area contributed by atoms with E-state index >= 15 is 0 Å². The van der Waals surface area contributed by atoms with Crippen LogP contribution < -0.4 is 20.3 Å². The average Bonchev–Trinajstić information content (AvgIpc) is 3.40. The molecule has 1 aromatic heterocycles. The highest BCUT2D eigenvalue weighted by Crippen LogP contribution is 2.33. The number of hydrogen-bond donors (Lipinski definition) is 2. The standard InChI is InChI=1S/C20H21N3O7/c1-28-16-7-3-2-6-15(16)23-11-13(9-18(23)25)19(26)30-12-17(24)22-20(27)21-10-14-5-4-8-29-14/h2-8,13H,9-12H2,1H3,(H2,21,22,24,27)/t13-/m1/s1. The molecule has 4 amide bonds. The number of furan rings is 1. The number of imide groups is 1. The Kier molecular flexibility index (Phi) is 6.68. The van der Waals surface area contributed by atoms with Crippen LogP contribution in [0.1, 0.15) is 12.2 Å². The van der Waals surface area contributed by atoms with Crippen LogP contribution in [0.4, 0.5) is 10.5 Å². The second-order valence-corrected chi connectivity index (χ2v) is 6.50. The first kappa shape index (κ1) is 20.9. The van der Waals surface area contributed by atoms with Gasteiger partial charge in [-0.2, -0.15) is 0 Å². The Morgan fingerprint density at radius 3 is 2.73 bits per heavy atom. The Morgan fingerprint density at radius 1 is 1.20 bits per heavy atom. The topological polar surface area (TPSA) is 127 Å². The maximum absolute atomic E-state index is 12.3. The number of rotatable bonds is 7. The SMILES string of the molecule is COc1ccccc1N1C[C@H](C(=O)OCC(=O)NC(=O)NCc2ccco2)CC1=O. The number of methoxy groups -OCH3 is 1. The first-order valence-corrected chi connectivity index (χ1v) is 9.18. The summed E-state index contributed by atoms with van der Waals surface area (Å²) in [6.45, 7) is -0.412. The number of hydrogen-bond acceptors (Lipinski definition) is 7. The molecule has 2 aromatic rings. The van der Waals surface area contributed by atoms with Gasteiger partial charge in [-0.15, -0.1) is 0 Å². The van der Waals surface area contributed by atoms with E-state index in [1.807, 2.05) is 5.32 Å². The van der Waals surface area contributed by atoms with E-state index in [1.165, 1.54) is 18.3 Å². The Bertz CT molecular complexity index is 926. The summed E-state index contributed by atoms with van der Waals surface area (Å²) >= 11 is 0. The zero-order valence-corrected chi connectivity index (χ0v) is 16.3.